The molecule has 1 saturated heterocycles. The van der Waals surface area contributed by atoms with Crippen molar-refractivity contribution in [3.63, 3.8) is 0 Å². The van der Waals surface area contributed by atoms with Crippen LogP contribution in [0.1, 0.15) is 13.3 Å². The first-order chi connectivity index (χ1) is 4.22. The molecule has 1 aliphatic heterocycles. The second-order valence-corrected chi connectivity index (χ2v) is 2.40. The minimum absolute atomic E-state index is 0.0278. The Hall–Kier alpha value is -0.410. The molecule has 0 aliphatic carbocycles. The summed E-state index contributed by atoms with van der Waals surface area (Å²) in [5.74, 6) is 0.0278. The van der Waals surface area contributed by atoms with E-state index in [0.29, 0.717) is 6.42 Å². The molecule has 3 nitrogen and oxygen atoms in total. The lowest BCUT2D eigenvalue weighted by atomic mass is 10.1. The molecule has 2 N–H and O–H groups in total. The van der Waals surface area contributed by atoms with Gasteiger partial charge in [0.05, 0.1) is 12.1 Å². The molecule has 0 aromatic rings. The third-order valence-corrected chi connectivity index (χ3v) is 1.63. The predicted molar refractivity (Wildman–Crippen MR) is 33.1 cm³/mol. The van der Waals surface area contributed by atoms with Crippen molar-refractivity contribution in [3.05, 3.63) is 0 Å². The van der Waals surface area contributed by atoms with Crippen molar-refractivity contribution in [3.8, 4) is 0 Å². The Labute approximate surface area is 54.1 Å². The van der Waals surface area contributed by atoms with Crippen LogP contribution in [0.4, 0.5) is 0 Å². The lowest BCUT2D eigenvalue weighted by Gasteiger charge is -2.08. The van der Waals surface area contributed by atoms with Crippen molar-refractivity contribution >= 4 is 5.78 Å². The highest BCUT2D eigenvalue weighted by molar-refractivity contribution is 5.82. The number of rotatable bonds is 1. The largest absolute Gasteiger partial charge is 0.391 e. The van der Waals surface area contributed by atoms with Gasteiger partial charge in [-0.15, -0.1) is 0 Å². The Balaban J connectivity index is 2.49. The first kappa shape index (κ1) is 6.71. The summed E-state index contributed by atoms with van der Waals surface area (Å²) in [6.07, 6.45) is 0.243. The van der Waals surface area contributed by atoms with Gasteiger partial charge in [0.25, 0.3) is 0 Å². The van der Waals surface area contributed by atoms with Crippen molar-refractivity contribution in [2.24, 2.45) is 0 Å². The van der Waals surface area contributed by atoms with Crippen LogP contribution in [0.25, 0.3) is 0 Å². The Morgan fingerprint density at radius 2 is 2.44 bits per heavy atom. The minimum atomic E-state index is -0.456. The number of hydrogen-bond donors (Lipinski definition) is 2. The summed E-state index contributed by atoms with van der Waals surface area (Å²) in [5, 5.41) is 12.0. The molecule has 0 bridgehead atoms. The van der Waals surface area contributed by atoms with Crippen LogP contribution in [0.15, 0.2) is 0 Å². The molecule has 1 rings (SSSR count). The van der Waals surface area contributed by atoms with Crippen molar-refractivity contribution in [2.45, 2.75) is 25.5 Å². The first-order valence-electron chi connectivity index (χ1n) is 3.13. The number of aliphatic hydroxyl groups is 1. The molecule has 3 heteroatoms. The zero-order valence-corrected chi connectivity index (χ0v) is 5.42. The normalized spacial score (nSPS) is 34.9. The summed E-state index contributed by atoms with van der Waals surface area (Å²) in [7, 11) is 0. The maximum Gasteiger partial charge on any atom is 0.149 e. The molecule has 52 valence electrons. The second-order valence-electron chi connectivity index (χ2n) is 2.40. The molecule has 1 aliphatic rings. The highest BCUT2D eigenvalue weighted by atomic mass is 16.3. The maximum absolute atomic E-state index is 10.6. The van der Waals surface area contributed by atoms with Crippen LogP contribution < -0.4 is 5.32 Å². The van der Waals surface area contributed by atoms with Crippen LogP contribution in [-0.2, 0) is 4.79 Å². The van der Waals surface area contributed by atoms with Crippen molar-refractivity contribution in [2.75, 3.05) is 6.54 Å². The van der Waals surface area contributed by atoms with Crippen LogP contribution in [0, 0.1) is 0 Å². The fourth-order valence-corrected chi connectivity index (χ4v) is 1.10. The maximum atomic E-state index is 10.6. The van der Waals surface area contributed by atoms with Gasteiger partial charge >= 0.3 is 0 Å². The van der Waals surface area contributed by atoms with E-state index in [1.807, 2.05) is 0 Å². The van der Waals surface area contributed by atoms with Crippen LogP contribution in [0.2, 0.25) is 0 Å². The van der Waals surface area contributed by atoms with Gasteiger partial charge in [-0.1, -0.05) is 0 Å². The molecule has 0 radical (unpaired) electrons. The van der Waals surface area contributed by atoms with E-state index < -0.39 is 6.10 Å². The van der Waals surface area contributed by atoms with E-state index >= 15 is 0 Å². The number of hydrogen-bond acceptors (Lipinski definition) is 3. The van der Waals surface area contributed by atoms with Gasteiger partial charge in [-0.05, 0) is 19.9 Å². The average molecular weight is 129 g/mol. The Morgan fingerprint density at radius 1 is 1.78 bits per heavy atom. The number of aliphatic hydroxyl groups excluding tert-OH is 1. The number of carbonyl (C=O) groups excluding carboxylic acids is 1. The molecule has 1 heterocycles. The first-order valence-corrected chi connectivity index (χ1v) is 3.13. The minimum Gasteiger partial charge on any atom is -0.391 e. The summed E-state index contributed by atoms with van der Waals surface area (Å²) in [4.78, 5) is 10.6. The fraction of sp³-hybridized carbons (Fsp3) is 0.833. The van der Waals surface area contributed by atoms with E-state index in [1.165, 1.54) is 6.92 Å². The second kappa shape index (κ2) is 2.45. The molecule has 1 fully saturated rings. The van der Waals surface area contributed by atoms with Crippen LogP contribution >= 0.6 is 0 Å². The van der Waals surface area contributed by atoms with Crippen molar-refractivity contribution < 1.29 is 9.90 Å². The van der Waals surface area contributed by atoms with Crippen molar-refractivity contribution in [1.82, 2.24) is 5.32 Å². The van der Waals surface area contributed by atoms with E-state index in [2.05, 4.69) is 5.32 Å². The van der Waals surface area contributed by atoms with E-state index in [0.717, 1.165) is 6.54 Å². The van der Waals surface area contributed by atoms with Crippen LogP contribution in [0.5, 0.6) is 0 Å². The standard InChI is InChI=1S/C6H11NO2/c1-4(8)6-5(9)2-3-7-6/h5-7,9H,2-3H2,1H3/t5-,6+/m0/s1. The smallest absolute Gasteiger partial charge is 0.149 e. The monoisotopic (exact) mass is 129 g/mol. The Kier molecular flexibility index (Phi) is 1.83. The molecule has 0 unspecified atom stereocenters. The number of Topliss-reactive ketones (excluding diaryl/α,β-unsaturated/α-hetero) is 1. The van der Waals surface area contributed by atoms with Gasteiger partial charge in [-0.2, -0.15) is 0 Å². The molecule has 0 spiro atoms. The highest BCUT2D eigenvalue weighted by Crippen LogP contribution is 2.06. The fourth-order valence-electron chi connectivity index (χ4n) is 1.10. The third-order valence-electron chi connectivity index (χ3n) is 1.63. The van der Waals surface area contributed by atoms with Gasteiger partial charge in [0.2, 0.25) is 0 Å². The van der Waals surface area contributed by atoms with E-state index in [1.54, 1.807) is 0 Å². The molecule has 0 aromatic carbocycles. The lowest BCUT2D eigenvalue weighted by molar-refractivity contribution is -0.120. The average Bonchev–Trinajstić information content (AvgIpc) is 2.13. The zero-order valence-electron chi connectivity index (χ0n) is 5.42. The van der Waals surface area contributed by atoms with E-state index in [9.17, 15) is 4.79 Å². The summed E-state index contributed by atoms with van der Waals surface area (Å²) >= 11 is 0. The topological polar surface area (TPSA) is 49.3 Å². The molecule has 9 heavy (non-hydrogen) atoms. The SMILES string of the molecule is CC(=O)[C@H]1NCC[C@@H]1O. The summed E-state index contributed by atoms with van der Waals surface area (Å²) in [6.45, 7) is 2.25. The van der Waals surface area contributed by atoms with E-state index in [-0.39, 0.29) is 11.8 Å². The van der Waals surface area contributed by atoms with Gasteiger partial charge in [0.1, 0.15) is 5.78 Å². The molecule has 2 atom stereocenters. The van der Waals surface area contributed by atoms with Gasteiger partial charge in [-0.3, -0.25) is 4.79 Å². The lowest BCUT2D eigenvalue weighted by Crippen LogP contribution is -2.36. The summed E-state index contributed by atoms with van der Waals surface area (Å²) < 4.78 is 0. The van der Waals surface area contributed by atoms with Crippen LogP contribution in [-0.4, -0.2) is 29.6 Å². The van der Waals surface area contributed by atoms with Crippen LogP contribution in [0.3, 0.4) is 0 Å². The van der Waals surface area contributed by atoms with E-state index in [4.69, 9.17) is 5.11 Å². The predicted octanol–water partition coefficient (Wildman–Crippen LogP) is -0.702. The van der Waals surface area contributed by atoms with Gasteiger partial charge in [0.15, 0.2) is 0 Å². The number of nitrogens with one attached hydrogen (secondary N) is 1. The summed E-state index contributed by atoms with van der Waals surface area (Å²) in [6, 6.07) is -0.301. The highest BCUT2D eigenvalue weighted by Gasteiger charge is 2.27. The van der Waals surface area contributed by atoms with Gasteiger partial charge < -0.3 is 10.4 Å². The number of carbonyl (C=O) groups is 1. The van der Waals surface area contributed by atoms with Gasteiger partial charge in [0, 0.05) is 0 Å². The molecular weight excluding hydrogens is 118 g/mol. The number of ketones is 1. The third kappa shape index (κ3) is 1.28. The summed E-state index contributed by atoms with van der Waals surface area (Å²) in [5.41, 5.74) is 0. The Bertz CT molecular complexity index is 124. The molecule has 0 aromatic heterocycles. The quantitative estimate of drug-likeness (QED) is 0.492. The van der Waals surface area contributed by atoms with Crippen molar-refractivity contribution in [1.29, 1.82) is 0 Å². The molecular formula is C6H11NO2. The molecule has 0 amide bonds. The zero-order chi connectivity index (χ0) is 6.85. The molecule has 0 saturated carbocycles. The van der Waals surface area contributed by atoms with Gasteiger partial charge in [-0.25, -0.2) is 0 Å². The Morgan fingerprint density at radius 3 is 2.67 bits per heavy atom.